The van der Waals surface area contributed by atoms with Crippen LogP contribution in [0, 0.1) is 28.1 Å². The Hall–Kier alpha value is -3.20. The van der Waals surface area contributed by atoms with Crippen LogP contribution in [0.25, 0.3) is 0 Å². The van der Waals surface area contributed by atoms with E-state index >= 15 is 0 Å². The molecule has 2 fully saturated rings. The standard InChI is InChI=1S/C31H40O9/c1-16-20-9-10-21(19-11-12-38-15-19)30(20,6)28(40-18(3)33)27(39-17(2)32)26(16)31(7)22(13-25(36)37-8)29(4,5)23(34)14-24(31)35/h9,11-12,15,21-22,24,26-28,35H,1,10,13-14H2,2-8H3/t21-,22-,24-,26?,27+,28-,30+,31+/m0/s1. The monoisotopic (exact) mass is 556 g/mol. The number of aliphatic hydroxyl groups excluding tert-OH is 1. The summed E-state index contributed by atoms with van der Waals surface area (Å²) in [7, 11) is 1.27. The maximum absolute atomic E-state index is 13.2. The van der Waals surface area contributed by atoms with E-state index < -0.39 is 64.3 Å². The number of esters is 3. The topological polar surface area (TPSA) is 129 Å². The van der Waals surface area contributed by atoms with Crippen molar-refractivity contribution in [3.8, 4) is 0 Å². The Labute approximate surface area is 234 Å². The number of allylic oxidation sites excluding steroid dienone is 1. The van der Waals surface area contributed by atoms with Gasteiger partial charge in [-0.15, -0.1) is 0 Å². The quantitative estimate of drug-likeness (QED) is 0.403. The third kappa shape index (κ3) is 4.42. The number of hydrogen-bond donors (Lipinski definition) is 1. The zero-order valence-corrected chi connectivity index (χ0v) is 24.3. The van der Waals surface area contributed by atoms with Crippen molar-refractivity contribution in [1.29, 1.82) is 0 Å². The zero-order chi connectivity index (χ0) is 29.8. The number of fused-ring (bicyclic) bond motifs is 1. The second kappa shape index (κ2) is 10.3. The molecule has 4 rings (SSSR count). The molecule has 1 unspecified atom stereocenters. The minimum absolute atomic E-state index is 0.147. The SMILES string of the molecule is C=C1C2=CC[C@@H](c3ccoc3)[C@]2(C)[C@@H](OC(C)=O)[C@H](OC(C)=O)C1[C@@]1(C)[C@@H](O)CC(=O)C(C)(C)[C@@H]1CC(=O)OC. The summed E-state index contributed by atoms with van der Waals surface area (Å²) in [6, 6.07) is 1.86. The van der Waals surface area contributed by atoms with Crippen LogP contribution in [0.3, 0.4) is 0 Å². The van der Waals surface area contributed by atoms with Crippen molar-refractivity contribution in [3.63, 3.8) is 0 Å². The number of methoxy groups -OCH3 is 1. The van der Waals surface area contributed by atoms with Crippen molar-refractivity contribution in [1.82, 2.24) is 0 Å². The maximum atomic E-state index is 13.2. The summed E-state index contributed by atoms with van der Waals surface area (Å²) in [6.45, 7) is 14.4. The molecule has 1 heterocycles. The molecule has 218 valence electrons. The molecule has 1 aromatic rings. The molecule has 9 nitrogen and oxygen atoms in total. The van der Waals surface area contributed by atoms with E-state index in [4.69, 9.17) is 18.6 Å². The van der Waals surface area contributed by atoms with Gasteiger partial charge in [-0.25, -0.2) is 0 Å². The molecule has 2 saturated carbocycles. The highest BCUT2D eigenvalue weighted by Gasteiger charge is 2.68. The van der Waals surface area contributed by atoms with Crippen LogP contribution in [-0.4, -0.2) is 54.2 Å². The lowest BCUT2D eigenvalue weighted by atomic mass is 9.45. The molecule has 0 radical (unpaired) electrons. The predicted octanol–water partition coefficient (Wildman–Crippen LogP) is 4.29. The number of Topliss-reactive ketones (excluding diaryl/α,β-unsaturated/α-hetero) is 1. The third-order valence-electron chi connectivity index (χ3n) is 10.0. The normalized spacial score (nSPS) is 36.9. The van der Waals surface area contributed by atoms with Crippen LogP contribution in [0.1, 0.15) is 72.3 Å². The van der Waals surface area contributed by atoms with Gasteiger partial charge in [0.2, 0.25) is 0 Å². The van der Waals surface area contributed by atoms with Gasteiger partial charge in [-0.05, 0) is 35.1 Å². The van der Waals surface area contributed by atoms with Gasteiger partial charge in [-0.2, -0.15) is 0 Å². The Bertz CT molecular complexity index is 1240. The van der Waals surface area contributed by atoms with Crippen molar-refractivity contribution in [2.45, 2.75) is 85.0 Å². The van der Waals surface area contributed by atoms with Crippen molar-refractivity contribution >= 4 is 23.7 Å². The molecule has 1 N–H and O–H groups in total. The summed E-state index contributed by atoms with van der Waals surface area (Å²) in [5.41, 5.74) is -0.718. The van der Waals surface area contributed by atoms with Gasteiger partial charge in [0.05, 0.1) is 25.7 Å². The number of ether oxygens (including phenoxy) is 3. The van der Waals surface area contributed by atoms with Crippen molar-refractivity contribution in [2.75, 3.05) is 7.11 Å². The van der Waals surface area contributed by atoms with E-state index in [0.29, 0.717) is 12.0 Å². The summed E-state index contributed by atoms with van der Waals surface area (Å²) < 4.78 is 22.5. The molecule has 0 aliphatic heterocycles. The van der Waals surface area contributed by atoms with Crippen LogP contribution >= 0.6 is 0 Å². The van der Waals surface area contributed by atoms with Crippen LogP contribution in [-0.2, 0) is 33.4 Å². The Morgan fingerprint density at radius 3 is 2.33 bits per heavy atom. The second-order valence-electron chi connectivity index (χ2n) is 12.4. The molecule has 0 bridgehead atoms. The minimum Gasteiger partial charge on any atom is -0.472 e. The molecule has 0 spiro atoms. The molecule has 0 saturated heterocycles. The van der Waals surface area contributed by atoms with Gasteiger partial charge in [0, 0.05) is 54.8 Å². The molecular formula is C31H40O9. The number of aliphatic hydroxyl groups is 1. The number of furan rings is 1. The Morgan fingerprint density at radius 2 is 1.77 bits per heavy atom. The fourth-order valence-electron chi connectivity index (χ4n) is 7.99. The average molecular weight is 557 g/mol. The van der Waals surface area contributed by atoms with Crippen molar-refractivity contribution in [2.24, 2.45) is 28.1 Å². The molecule has 0 amide bonds. The summed E-state index contributed by atoms with van der Waals surface area (Å²) in [4.78, 5) is 51.2. The lowest BCUT2D eigenvalue weighted by Gasteiger charge is -2.61. The lowest BCUT2D eigenvalue weighted by Crippen LogP contribution is -2.66. The van der Waals surface area contributed by atoms with Gasteiger partial charge in [0.25, 0.3) is 0 Å². The lowest BCUT2D eigenvalue weighted by molar-refractivity contribution is -0.207. The highest BCUT2D eigenvalue weighted by Crippen LogP contribution is 2.66. The molecule has 8 atom stereocenters. The number of carbonyl (C=O) groups excluding carboxylic acids is 4. The first-order valence-corrected chi connectivity index (χ1v) is 13.7. The van der Waals surface area contributed by atoms with E-state index in [2.05, 4.69) is 12.7 Å². The average Bonchev–Trinajstić information content (AvgIpc) is 3.51. The van der Waals surface area contributed by atoms with E-state index in [1.807, 2.05) is 19.9 Å². The molecule has 0 aromatic carbocycles. The van der Waals surface area contributed by atoms with Crippen molar-refractivity contribution in [3.05, 3.63) is 48.0 Å². The molecule has 1 aromatic heterocycles. The fourth-order valence-corrected chi connectivity index (χ4v) is 7.99. The van der Waals surface area contributed by atoms with Gasteiger partial charge >= 0.3 is 17.9 Å². The highest BCUT2D eigenvalue weighted by molar-refractivity contribution is 5.87. The van der Waals surface area contributed by atoms with Crippen LogP contribution in [0.5, 0.6) is 0 Å². The largest absolute Gasteiger partial charge is 0.472 e. The Balaban J connectivity index is 1.96. The molecule has 9 heteroatoms. The number of carbonyl (C=O) groups is 4. The molecular weight excluding hydrogens is 516 g/mol. The highest BCUT2D eigenvalue weighted by atomic mass is 16.6. The second-order valence-corrected chi connectivity index (χ2v) is 12.4. The number of rotatable bonds is 6. The van der Waals surface area contributed by atoms with Gasteiger partial charge in [0.15, 0.2) is 0 Å². The molecule has 3 aliphatic rings. The van der Waals surface area contributed by atoms with E-state index in [-0.39, 0.29) is 24.5 Å². The zero-order valence-electron chi connectivity index (χ0n) is 24.3. The third-order valence-corrected chi connectivity index (χ3v) is 10.0. The van der Waals surface area contributed by atoms with E-state index in [1.165, 1.54) is 21.0 Å². The predicted molar refractivity (Wildman–Crippen MR) is 144 cm³/mol. The Morgan fingerprint density at radius 1 is 1.12 bits per heavy atom. The summed E-state index contributed by atoms with van der Waals surface area (Å²) in [5.74, 6) is -3.53. The van der Waals surface area contributed by atoms with E-state index in [1.54, 1.807) is 26.4 Å². The first-order valence-electron chi connectivity index (χ1n) is 13.7. The first kappa shape index (κ1) is 29.8. The van der Waals surface area contributed by atoms with E-state index in [0.717, 1.165) is 11.1 Å². The van der Waals surface area contributed by atoms with Crippen LogP contribution in [0.15, 0.2) is 46.8 Å². The number of hydrogen-bond acceptors (Lipinski definition) is 9. The fraction of sp³-hybridized carbons (Fsp3) is 0.613. The van der Waals surface area contributed by atoms with Crippen molar-refractivity contribution < 1.29 is 42.9 Å². The van der Waals surface area contributed by atoms with Gasteiger partial charge in [0.1, 0.15) is 18.0 Å². The first-order chi connectivity index (χ1) is 18.6. The summed E-state index contributed by atoms with van der Waals surface area (Å²) in [6.07, 6.45) is 2.37. The summed E-state index contributed by atoms with van der Waals surface area (Å²) >= 11 is 0. The molecule has 3 aliphatic carbocycles. The Kier molecular flexibility index (Phi) is 7.69. The summed E-state index contributed by atoms with van der Waals surface area (Å²) in [5, 5.41) is 11.7. The number of ketones is 1. The van der Waals surface area contributed by atoms with Gasteiger partial charge in [-0.3, -0.25) is 19.2 Å². The minimum atomic E-state index is -1.20. The van der Waals surface area contributed by atoms with Gasteiger partial charge in [-0.1, -0.05) is 40.3 Å². The van der Waals surface area contributed by atoms with Crippen LogP contribution in [0.4, 0.5) is 0 Å². The van der Waals surface area contributed by atoms with Crippen LogP contribution in [0.2, 0.25) is 0 Å². The maximum Gasteiger partial charge on any atom is 0.305 e. The van der Waals surface area contributed by atoms with E-state index in [9.17, 15) is 24.3 Å². The van der Waals surface area contributed by atoms with Crippen LogP contribution < -0.4 is 0 Å². The smallest absolute Gasteiger partial charge is 0.305 e. The molecule has 40 heavy (non-hydrogen) atoms. The van der Waals surface area contributed by atoms with Gasteiger partial charge < -0.3 is 23.7 Å².